The van der Waals surface area contributed by atoms with Crippen LogP contribution >= 0.6 is 12.2 Å². The summed E-state index contributed by atoms with van der Waals surface area (Å²) in [5.74, 6) is -0.372. The van der Waals surface area contributed by atoms with Crippen LogP contribution in [0.4, 0.5) is 0 Å². The highest BCUT2D eigenvalue weighted by Crippen LogP contribution is 2.28. The lowest BCUT2D eigenvalue weighted by Gasteiger charge is -2.30. The van der Waals surface area contributed by atoms with Crippen LogP contribution < -0.4 is 10.6 Å². The highest BCUT2D eigenvalue weighted by Gasteiger charge is 2.30. The number of methoxy groups -OCH3 is 1. The molecule has 6 heteroatoms. The van der Waals surface area contributed by atoms with Crippen molar-refractivity contribution in [1.29, 1.82) is 0 Å². The second-order valence-corrected chi connectivity index (χ2v) is 5.52. The Kier molecular flexibility index (Phi) is 5.51. The summed E-state index contributed by atoms with van der Waals surface area (Å²) in [5, 5.41) is 6.62. The van der Waals surface area contributed by atoms with Gasteiger partial charge in [0.05, 0.1) is 18.2 Å². The molecule has 2 rings (SSSR count). The lowest BCUT2D eigenvalue weighted by Crippen LogP contribution is -2.45. The van der Waals surface area contributed by atoms with Gasteiger partial charge in [0.15, 0.2) is 5.11 Å². The van der Waals surface area contributed by atoms with Crippen LogP contribution in [0.25, 0.3) is 0 Å². The quantitative estimate of drug-likeness (QED) is 0.491. The molecule has 1 atom stereocenters. The Morgan fingerprint density at radius 1 is 1.32 bits per heavy atom. The maximum atomic E-state index is 12.4. The molecule has 1 aromatic rings. The van der Waals surface area contributed by atoms with Gasteiger partial charge in [-0.1, -0.05) is 29.8 Å². The predicted molar refractivity (Wildman–Crippen MR) is 88.3 cm³/mol. The molecule has 1 aliphatic heterocycles. The van der Waals surface area contributed by atoms with Crippen molar-refractivity contribution in [1.82, 2.24) is 10.6 Å². The van der Waals surface area contributed by atoms with Crippen LogP contribution in [0, 0.1) is 6.92 Å². The maximum absolute atomic E-state index is 12.4. The fourth-order valence-corrected chi connectivity index (χ4v) is 2.63. The van der Waals surface area contributed by atoms with Crippen LogP contribution in [0.2, 0.25) is 0 Å². The summed E-state index contributed by atoms with van der Waals surface area (Å²) >= 11 is 5.21. The smallest absolute Gasteiger partial charge is 0.338 e. The number of carbonyl (C=O) groups is 1. The molecule has 2 N–H and O–H groups in total. The molecule has 118 valence electrons. The van der Waals surface area contributed by atoms with Gasteiger partial charge in [0.25, 0.3) is 0 Å². The molecular weight excluding hydrogens is 300 g/mol. The van der Waals surface area contributed by atoms with Crippen molar-refractivity contribution in [3.63, 3.8) is 0 Å². The minimum atomic E-state index is -0.372. The van der Waals surface area contributed by atoms with E-state index >= 15 is 0 Å². The van der Waals surface area contributed by atoms with E-state index in [0.717, 1.165) is 11.1 Å². The minimum Gasteiger partial charge on any atom is -0.460 e. The number of carbonyl (C=O) groups excluding carboxylic acids is 1. The van der Waals surface area contributed by atoms with Crippen LogP contribution in [-0.2, 0) is 14.3 Å². The fraction of sp³-hybridized carbons (Fsp3) is 0.375. The molecule has 0 aliphatic carbocycles. The molecule has 0 fully saturated rings. The lowest BCUT2D eigenvalue weighted by molar-refractivity contribution is -0.140. The first-order chi connectivity index (χ1) is 10.5. The van der Waals surface area contributed by atoms with Crippen LogP contribution in [0.3, 0.4) is 0 Å². The van der Waals surface area contributed by atoms with Crippen LogP contribution in [0.1, 0.15) is 24.1 Å². The van der Waals surface area contributed by atoms with E-state index in [1.165, 1.54) is 0 Å². The Morgan fingerprint density at radius 3 is 2.77 bits per heavy atom. The second kappa shape index (κ2) is 7.38. The summed E-state index contributed by atoms with van der Waals surface area (Å²) in [7, 11) is 1.57. The van der Waals surface area contributed by atoms with E-state index in [4.69, 9.17) is 21.7 Å². The highest BCUT2D eigenvalue weighted by molar-refractivity contribution is 7.80. The van der Waals surface area contributed by atoms with Crippen molar-refractivity contribution in [3.05, 3.63) is 46.7 Å². The van der Waals surface area contributed by atoms with Crippen molar-refractivity contribution in [2.75, 3.05) is 20.3 Å². The van der Waals surface area contributed by atoms with Gasteiger partial charge in [0, 0.05) is 12.8 Å². The summed E-state index contributed by atoms with van der Waals surface area (Å²) < 4.78 is 10.2. The van der Waals surface area contributed by atoms with Crippen LogP contribution in [-0.4, -0.2) is 31.4 Å². The minimum absolute atomic E-state index is 0.219. The first-order valence-electron chi connectivity index (χ1n) is 7.04. The average Bonchev–Trinajstić information content (AvgIpc) is 2.46. The molecule has 1 heterocycles. The van der Waals surface area contributed by atoms with Crippen LogP contribution in [0.15, 0.2) is 35.5 Å². The molecule has 0 spiro atoms. The van der Waals surface area contributed by atoms with E-state index < -0.39 is 0 Å². The van der Waals surface area contributed by atoms with Crippen molar-refractivity contribution >= 4 is 23.3 Å². The van der Waals surface area contributed by atoms with E-state index in [0.29, 0.717) is 23.0 Å². The predicted octanol–water partition coefficient (Wildman–Crippen LogP) is 1.98. The molecule has 0 aromatic heterocycles. The van der Waals surface area contributed by atoms with Gasteiger partial charge in [-0.25, -0.2) is 4.79 Å². The van der Waals surface area contributed by atoms with Gasteiger partial charge in [-0.3, -0.25) is 0 Å². The zero-order valence-electron chi connectivity index (χ0n) is 12.9. The molecule has 0 saturated carbocycles. The number of aryl methyl sites for hydroxylation is 1. The summed E-state index contributed by atoms with van der Waals surface area (Å²) in [6, 6.07) is 7.65. The molecule has 0 amide bonds. The maximum Gasteiger partial charge on any atom is 0.338 e. The van der Waals surface area contributed by atoms with E-state index in [9.17, 15) is 4.79 Å². The summed E-state index contributed by atoms with van der Waals surface area (Å²) in [6.07, 6.45) is 0. The number of thiocarbonyl (C=S) groups is 1. The van der Waals surface area contributed by atoms with Gasteiger partial charge in [-0.15, -0.1) is 0 Å². The zero-order valence-corrected chi connectivity index (χ0v) is 13.8. The third-order valence-electron chi connectivity index (χ3n) is 3.39. The Morgan fingerprint density at radius 2 is 2.09 bits per heavy atom. The number of hydrogen-bond acceptors (Lipinski definition) is 4. The first kappa shape index (κ1) is 16.5. The van der Waals surface area contributed by atoms with Gasteiger partial charge < -0.3 is 20.1 Å². The Bertz CT molecular complexity index is 613. The number of allylic oxidation sites excluding steroid dienone is 1. The van der Waals surface area contributed by atoms with Gasteiger partial charge in [0.1, 0.15) is 6.61 Å². The van der Waals surface area contributed by atoms with E-state index in [-0.39, 0.29) is 18.6 Å². The zero-order chi connectivity index (χ0) is 16.1. The monoisotopic (exact) mass is 320 g/mol. The molecule has 1 aromatic carbocycles. The number of esters is 1. The summed E-state index contributed by atoms with van der Waals surface area (Å²) in [4.78, 5) is 12.4. The standard InChI is InChI=1S/C16H20N2O3S/c1-10-5-4-6-12(9-10)14-13(11(2)17-16(22)18-14)15(19)21-8-7-20-3/h4-6,9,14H,7-8H2,1-3H3,(H2,17,18,22)/t14-/m0/s1. The third kappa shape index (κ3) is 3.84. The Labute approximate surface area is 135 Å². The second-order valence-electron chi connectivity index (χ2n) is 5.11. The van der Waals surface area contributed by atoms with Gasteiger partial charge in [-0.2, -0.15) is 0 Å². The van der Waals surface area contributed by atoms with Crippen molar-refractivity contribution in [2.45, 2.75) is 19.9 Å². The van der Waals surface area contributed by atoms with E-state index in [2.05, 4.69) is 10.6 Å². The normalized spacial score (nSPS) is 17.8. The van der Waals surface area contributed by atoms with Gasteiger partial charge in [0.2, 0.25) is 0 Å². The van der Waals surface area contributed by atoms with Gasteiger partial charge in [-0.05, 0) is 31.6 Å². The largest absolute Gasteiger partial charge is 0.460 e. The number of hydrogen-bond donors (Lipinski definition) is 2. The average molecular weight is 320 g/mol. The topological polar surface area (TPSA) is 59.6 Å². The number of nitrogens with one attached hydrogen (secondary N) is 2. The summed E-state index contributed by atoms with van der Waals surface area (Å²) in [6.45, 7) is 4.42. The molecule has 1 aliphatic rings. The molecule has 22 heavy (non-hydrogen) atoms. The molecule has 0 unspecified atom stereocenters. The number of ether oxygens (including phenoxy) is 2. The number of rotatable bonds is 5. The van der Waals surface area contributed by atoms with Crippen LogP contribution in [0.5, 0.6) is 0 Å². The van der Waals surface area contributed by atoms with E-state index in [1.807, 2.05) is 38.1 Å². The molecule has 5 nitrogen and oxygen atoms in total. The molecule has 0 saturated heterocycles. The van der Waals surface area contributed by atoms with Crippen molar-refractivity contribution < 1.29 is 14.3 Å². The lowest BCUT2D eigenvalue weighted by atomic mass is 9.94. The number of benzene rings is 1. The third-order valence-corrected chi connectivity index (χ3v) is 3.61. The first-order valence-corrected chi connectivity index (χ1v) is 7.44. The highest BCUT2D eigenvalue weighted by atomic mass is 32.1. The fourth-order valence-electron chi connectivity index (χ4n) is 2.36. The summed E-state index contributed by atoms with van der Waals surface area (Å²) in [5.41, 5.74) is 3.34. The molecule has 0 radical (unpaired) electrons. The van der Waals surface area contributed by atoms with Crippen molar-refractivity contribution in [3.8, 4) is 0 Å². The Hall–Kier alpha value is -1.92. The molecule has 0 bridgehead atoms. The SMILES string of the molecule is COCCOC(=O)C1=C(C)NC(=S)N[C@H]1c1cccc(C)c1. The molecular formula is C16H20N2O3S. The van der Waals surface area contributed by atoms with Gasteiger partial charge >= 0.3 is 5.97 Å². The van der Waals surface area contributed by atoms with Crippen molar-refractivity contribution in [2.24, 2.45) is 0 Å². The Balaban J connectivity index is 2.30. The van der Waals surface area contributed by atoms with E-state index in [1.54, 1.807) is 7.11 Å².